The highest BCUT2D eigenvalue weighted by Crippen LogP contribution is 2.29. The Morgan fingerprint density at radius 2 is 1.76 bits per heavy atom. The second kappa shape index (κ2) is 8.50. The minimum Gasteiger partial charge on any atom is -0.325 e. The average Bonchev–Trinajstić information content (AvgIpc) is 3.02. The number of thioether (sulfide) groups is 1. The Hall–Kier alpha value is -1.84. The van der Waals surface area contributed by atoms with E-state index in [2.05, 4.69) is 48.9 Å². The van der Waals surface area contributed by atoms with Crippen LogP contribution in [0.25, 0.3) is 0 Å². The van der Waals surface area contributed by atoms with Crippen LogP contribution in [0, 0.1) is 0 Å². The lowest BCUT2D eigenvalue weighted by atomic mass is 10.3. The number of carbonyl (C=O) groups is 1. The van der Waals surface area contributed by atoms with Gasteiger partial charge in [0, 0.05) is 27.0 Å². The van der Waals surface area contributed by atoms with Crippen molar-refractivity contribution in [3.8, 4) is 0 Å². The molecular formula is C16H14BrN5OS2. The van der Waals surface area contributed by atoms with E-state index in [0.717, 1.165) is 20.0 Å². The Kier molecular flexibility index (Phi) is 6.11. The molecule has 0 aliphatic heterocycles. The Balaban J connectivity index is 1.52. The van der Waals surface area contributed by atoms with Gasteiger partial charge >= 0.3 is 0 Å². The summed E-state index contributed by atoms with van der Waals surface area (Å²) >= 11 is 6.39. The number of hydrogen-bond donors (Lipinski definition) is 1. The van der Waals surface area contributed by atoms with Gasteiger partial charge in [-0.05, 0) is 59.0 Å². The molecule has 3 aromatic rings. The molecule has 6 nitrogen and oxygen atoms in total. The van der Waals surface area contributed by atoms with Gasteiger partial charge in [0.2, 0.25) is 11.1 Å². The van der Waals surface area contributed by atoms with Crippen LogP contribution >= 0.6 is 39.5 Å². The van der Waals surface area contributed by atoms with Gasteiger partial charge in [0.1, 0.15) is 0 Å². The zero-order valence-electron chi connectivity index (χ0n) is 13.2. The van der Waals surface area contributed by atoms with Crippen molar-refractivity contribution in [1.29, 1.82) is 0 Å². The van der Waals surface area contributed by atoms with Crippen molar-refractivity contribution in [2.24, 2.45) is 7.05 Å². The number of aryl methyl sites for hydroxylation is 1. The minimum atomic E-state index is -0.0960. The van der Waals surface area contributed by atoms with E-state index >= 15 is 0 Å². The van der Waals surface area contributed by atoms with Crippen LogP contribution in [0.5, 0.6) is 0 Å². The predicted octanol–water partition coefficient (Wildman–Crippen LogP) is 3.85. The summed E-state index contributed by atoms with van der Waals surface area (Å²) in [5, 5.41) is 14.6. The molecule has 0 saturated heterocycles. The summed E-state index contributed by atoms with van der Waals surface area (Å²) in [5.41, 5.74) is 0.766. The molecule has 0 spiro atoms. The number of nitrogens with one attached hydrogen (secondary N) is 1. The number of carbonyl (C=O) groups excluding carboxylic acids is 1. The molecule has 1 amide bonds. The fraction of sp³-hybridized carbons (Fsp3) is 0.125. The van der Waals surface area contributed by atoms with Crippen LogP contribution in [-0.4, -0.2) is 31.9 Å². The number of halogens is 1. The van der Waals surface area contributed by atoms with Crippen molar-refractivity contribution < 1.29 is 4.79 Å². The highest BCUT2D eigenvalue weighted by Gasteiger charge is 2.08. The first kappa shape index (κ1) is 18.0. The van der Waals surface area contributed by atoms with Gasteiger partial charge in [0.05, 0.1) is 5.75 Å². The molecule has 0 unspecified atom stereocenters. The molecule has 1 N–H and O–H groups in total. The molecule has 0 radical (unpaired) electrons. The maximum Gasteiger partial charge on any atom is 0.234 e. The zero-order valence-corrected chi connectivity index (χ0v) is 16.4. The van der Waals surface area contributed by atoms with Crippen LogP contribution in [-0.2, 0) is 11.8 Å². The molecule has 128 valence electrons. The van der Waals surface area contributed by atoms with E-state index < -0.39 is 0 Å². The molecule has 0 atom stereocenters. The second-order valence-electron chi connectivity index (χ2n) is 5.00. The van der Waals surface area contributed by atoms with Gasteiger partial charge in [-0.25, -0.2) is 4.68 Å². The quantitative estimate of drug-likeness (QED) is 0.592. The molecule has 0 saturated carbocycles. The van der Waals surface area contributed by atoms with Gasteiger partial charge in [0.25, 0.3) is 0 Å². The van der Waals surface area contributed by atoms with E-state index in [0.29, 0.717) is 5.16 Å². The largest absolute Gasteiger partial charge is 0.325 e. The summed E-state index contributed by atoms with van der Waals surface area (Å²) in [4.78, 5) is 14.3. The van der Waals surface area contributed by atoms with Gasteiger partial charge < -0.3 is 5.32 Å². The van der Waals surface area contributed by atoms with Crippen molar-refractivity contribution >= 4 is 51.0 Å². The number of nitrogens with zero attached hydrogens (tertiary/aromatic N) is 4. The summed E-state index contributed by atoms with van der Waals surface area (Å²) < 4.78 is 2.59. The van der Waals surface area contributed by atoms with Crippen molar-refractivity contribution in [1.82, 2.24) is 20.2 Å². The third kappa shape index (κ3) is 5.32. The third-order valence-corrected chi connectivity index (χ3v) is 5.66. The highest BCUT2D eigenvalue weighted by molar-refractivity contribution is 9.10. The maximum absolute atomic E-state index is 12.0. The zero-order chi connectivity index (χ0) is 17.6. The minimum absolute atomic E-state index is 0.0960. The molecule has 0 aliphatic rings. The number of hydrogen-bond acceptors (Lipinski definition) is 6. The summed E-state index contributed by atoms with van der Waals surface area (Å²) in [6, 6.07) is 15.9. The lowest BCUT2D eigenvalue weighted by Gasteiger charge is -2.06. The van der Waals surface area contributed by atoms with Crippen LogP contribution in [0.3, 0.4) is 0 Å². The SMILES string of the molecule is Cn1nnnc1SCC(=O)Nc1ccc(Sc2ccc(Br)cc2)cc1. The van der Waals surface area contributed by atoms with Crippen LogP contribution < -0.4 is 5.32 Å². The molecule has 3 rings (SSSR count). The maximum atomic E-state index is 12.0. The molecule has 1 aromatic heterocycles. The van der Waals surface area contributed by atoms with Gasteiger partial charge in [-0.3, -0.25) is 4.79 Å². The fourth-order valence-electron chi connectivity index (χ4n) is 1.92. The monoisotopic (exact) mass is 435 g/mol. The van der Waals surface area contributed by atoms with E-state index in [-0.39, 0.29) is 11.7 Å². The first-order valence-electron chi connectivity index (χ1n) is 7.28. The molecule has 1 heterocycles. The van der Waals surface area contributed by atoms with Gasteiger partial charge in [-0.1, -0.05) is 39.5 Å². The van der Waals surface area contributed by atoms with E-state index in [1.54, 1.807) is 18.8 Å². The van der Waals surface area contributed by atoms with Gasteiger partial charge in [-0.15, -0.1) is 5.10 Å². The Morgan fingerprint density at radius 3 is 2.36 bits per heavy atom. The van der Waals surface area contributed by atoms with Crippen molar-refractivity contribution in [3.63, 3.8) is 0 Å². The summed E-state index contributed by atoms with van der Waals surface area (Å²) in [7, 11) is 1.74. The topological polar surface area (TPSA) is 72.7 Å². The van der Waals surface area contributed by atoms with E-state index in [9.17, 15) is 4.79 Å². The number of tetrazole rings is 1. The molecule has 2 aromatic carbocycles. The van der Waals surface area contributed by atoms with Crippen LogP contribution in [0.4, 0.5) is 5.69 Å². The van der Waals surface area contributed by atoms with Gasteiger partial charge in [-0.2, -0.15) is 0 Å². The number of anilines is 1. The number of rotatable bonds is 6. The fourth-order valence-corrected chi connectivity index (χ4v) is 3.65. The summed E-state index contributed by atoms with van der Waals surface area (Å²) in [6.07, 6.45) is 0. The number of aromatic nitrogens is 4. The van der Waals surface area contributed by atoms with Crippen molar-refractivity contribution in [2.45, 2.75) is 14.9 Å². The average molecular weight is 436 g/mol. The standard InChI is InChI=1S/C16H14BrN5OS2/c1-22-16(19-20-21-22)24-10-15(23)18-12-4-8-14(9-5-12)25-13-6-2-11(17)3-7-13/h2-9H,10H2,1H3,(H,18,23). The summed E-state index contributed by atoms with van der Waals surface area (Å²) in [6.45, 7) is 0. The highest BCUT2D eigenvalue weighted by atomic mass is 79.9. The van der Waals surface area contributed by atoms with E-state index in [1.807, 2.05) is 36.4 Å². The third-order valence-electron chi connectivity index (χ3n) is 3.10. The molecule has 0 bridgehead atoms. The molecule has 0 aliphatic carbocycles. The molecule has 0 fully saturated rings. The first-order valence-corrected chi connectivity index (χ1v) is 9.88. The number of benzene rings is 2. The van der Waals surface area contributed by atoms with Crippen molar-refractivity contribution in [2.75, 3.05) is 11.1 Å². The number of amides is 1. The summed E-state index contributed by atoms with van der Waals surface area (Å²) in [5.74, 6) is 0.158. The van der Waals surface area contributed by atoms with Crippen LogP contribution in [0.15, 0.2) is 68.0 Å². The Bertz CT molecular complexity index is 852. The van der Waals surface area contributed by atoms with Crippen molar-refractivity contribution in [3.05, 3.63) is 53.0 Å². The van der Waals surface area contributed by atoms with E-state index in [4.69, 9.17) is 0 Å². The predicted molar refractivity (Wildman–Crippen MR) is 103 cm³/mol. The van der Waals surface area contributed by atoms with Crippen LogP contribution in [0.1, 0.15) is 0 Å². The first-order chi connectivity index (χ1) is 12.1. The lowest BCUT2D eigenvalue weighted by molar-refractivity contribution is -0.113. The Labute approximate surface area is 161 Å². The van der Waals surface area contributed by atoms with Crippen LogP contribution in [0.2, 0.25) is 0 Å². The molecular weight excluding hydrogens is 422 g/mol. The van der Waals surface area contributed by atoms with E-state index in [1.165, 1.54) is 16.4 Å². The van der Waals surface area contributed by atoms with Gasteiger partial charge in [0.15, 0.2) is 0 Å². The molecule has 9 heteroatoms. The lowest BCUT2D eigenvalue weighted by Crippen LogP contribution is -2.14. The normalized spacial score (nSPS) is 10.6. The smallest absolute Gasteiger partial charge is 0.234 e. The molecule has 25 heavy (non-hydrogen) atoms. The Morgan fingerprint density at radius 1 is 1.12 bits per heavy atom. The second-order valence-corrected chi connectivity index (χ2v) is 8.01.